The van der Waals surface area contributed by atoms with Gasteiger partial charge in [0.25, 0.3) is 6.29 Å². The third kappa shape index (κ3) is 61.1. The van der Waals surface area contributed by atoms with E-state index >= 15 is 0 Å². The molecule has 0 amide bonds. The van der Waals surface area contributed by atoms with Crippen LogP contribution in [0.1, 0.15) is 328 Å². The van der Waals surface area contributed by atoms with Crippen molar-refractivity contribution in [3.8, 4) is 0 Å². The molecular formula is C69H130NO8+. The van der Waals surface area contributed by atoms with E-state index in [1.807, 2.05) is 21.1 Å². The molecule has 0 spiro atoms. The van der Waals surface area contributed by atoms with Crippen molar-refractivity contribution >= 4 is 17.9 Å². The summed E-state index contributed by atoms with van der Waals surface area (Å²) >= 11 is 0. The molecule has 78 heavy (non-hydrogen) atoms. The Bertz CT molecular complexity index is 1370. The van der Waals surface area contributed by atoms with Crippen LogP contribution in [-0.4, -0.2) is 87.4 Å². The molecule has 0 aromatic rings. The van der Waals surface area contributed by atoms with Crippen molar-refractivity contribution < 1.29 is 42.9 Å². The Kier molecular flexibility index (Phi) is 58.7. The molecule has 0 rings (SSSR count). The average Bonchev–Trinajstić information content (AvgIpc) is 3.41. The van der Waals surface area contributed by atoms with Gasteiger partial charge in [0.1, 0.15) is 13.2 Å². The molecule has 0 saturated heterocycles. The van der Waals surface area contributed by atoms with Crippen LogP contribution in [0.15, 0.2) is 36.5 Å². The number of unbranched alkanes of at least 4 members (excludes halogenated alkanes) is 42. The summed E-state index contributed by atoms with van der Waals surface area (Å²) in [5, 5.41) is 9.71. The van der Waals surface area contributed by atoms with E-state index in [-0.39, 0.29) is 32.2 Å². The van der Waals surface area contributed by atoms with Gasteiger partial charge in [-0.15, -0.1) is 0 Å². The molecule has 2 atom stereocenters. The maximum Gasteiger partial charge on any atom is 0.361 e. The highest BCUT2D eigenvalue weighted by Crippen LogP contribution is 2.19. The topological polar surface area (TPSA) is 108 Å². The lowest BCUT2D eigenvalue weighted by molar-refractivity contribution is -0.870. The molecule has 0 aromatic heterocycles. The minimum absolute atomic E-state index is 0.183. The molecule has 0 aromatic carbocycles. The first kappa shape index (κ1) is 75.5. The summed E-state index contributed by atoms with van der Waals surface area (Å²) < 4.78 is 22.9. The van der Waals surface area contributed by atoms with E-state index < -0.39 is 24.3 Å². The number of allylic oxidation sites excluding steroid dienone is 6. The Morgan fingerprint density at radius 3 is 1.09 bits per heavy atom. The van der Waals surface area contributed by atoms with Crippen molar-refractivity contribution in [2.45, 2.75) is 341 Å². The molecule has 0 heterocycles. The van der Waals surface area contributed by atoms with E-state index in [4.69, 9.17) is 18.9 Å². The van der Waals surface area contributed by atoms with Crippen molar-refractivity contribution in [1.29, 1.82) is 0 Å². The Labute approximate surface area is 483 Å². The highest BCUT2D eigenvalue weighted by Gasteiger charge is 2.25. The number of esters is 2. The number of hydrogen-bond donors (Lipinski definition) is 1. The third-order valence-corrected chi connectivity index (χ3v) is 15.2. The molecule has 0 aliphatic carbocycles. The third-order valence-electron chi connectivity index (χ3n) is 15.2. The number of likely N-dealkylation sites (N-methyl/N-ethyl adjacent to an activating group) is 1. The van der Waals surface area contributed by atoms with Crippen LogP contribution < -0.4 is 0 Å². The maximum absolute atomic E-state index is 12.9. The van der Waals surface area contributed by atoms with E-state index in [9.17, 15) is 19.5 Å². The Morgan fingerprint density at radius 1 is 0.397 bits per heavy atom. The fourth-order valence-corrected chi connectivity index (χ4v) is 10.0. The van der Waals surface area contributed by atoms with Crippen LogP contribution in [0, 0.1) is 0 Å². The van der Waals surface area contributed by atoms with Crippen LogP contribution in [0.2, 0.25) is 0 Å². The lowest BCUT2D eigenvalue weighted by Crippen LogP contribution is -2.40. The normalized spacial score (nSPS) is 12.9. The number of ether oxygens (including phenoxy) is 4. The van der Waals surface area contributed by atoms with E-state index in [1.54, 1.807) is 0 Å². The smallest absolute Gasteiger partial charge is 0.361 e. The molecule has 458 valence electrons. The monoisotopic (exact) mass is 1100 g/mol. The van der Waals surface area contributed by atoms with Crippen molar-refractivity contribution in [3.63, 3.8) is 0 Å². The number of rotatable bonds is 63. The number of carboxylic acids is 1. The van der Waals surface area contributed by atoms with Crippen LogP contribution in [0.3, 0.4) is 0 Å². The summed E-state index contributed by atoms with van der Waals surface area (Å²) in [6.45, 7) is 4.80. The van der Waals surface area contributed by atoms with Gasteiger partial charge in [0, 0.05) is 12.8 Å². The highest BCUT2D eigenvalue weighted by molar-refractivity contribution is 5.71. The summed E-state index contributed by atoms with van der Waals surface area (Å²) in [6.07, 6.45) is 72.8. The van der Waals surface area contributed by atoms with E-state index in [0.717, 1.165) is 64.2 Å². The minimum Gasteiger partial charge on any atom is -0.477 e. The van der Waals surface area contributed by atoms with Crippen molar-refractivity contribution in [3.05, 3.63) is 36.5 Å². The summed E-state index contributed by atoms with van der Waals surface area (Å²) in [4.78, 5) is 37.5. The van der Waals surface area contributed by atoms with Gasteiger partial charge in [0.05, 0.1) is 34.4 Å². The van der Waals surface area contributed by atoms with Crippen LogP contribution >= 0.6 is 0 Å². The number of hydrogen-bond acceptors (Lipinski definition) is 7. The first-order valence-electron chi connectivity index (χ1n) is 33.7. The number of nitrogens with zero attached hydrogens (tertiary/aromatic N) is 1. The fraction of sp³-hybridized carbons (Fsp3) is 0.870. The van der Waals surface area contributed by atoms with E-state index in [0.29, 0.717) is 23.9 Å². The Hall–Kier alpha value is -2.49. The second-order valence-corrected chi connectivity index (χ2v) is 24.1. The first-order chi connectivity index (χ1) is 38.1. The minimum atomic E-state index is -1.51. The molecule has 0 radical (unpaired) electrons. The van der Waals surface area contributed by atoms with Gasteiger partial charge in [-0.3, -0.25) is 9.59 Å². The average molecular weight is 1100 g/mol. The summed E-state index contributed by atoms with van der Waals surface area (Å²) in [7, 11) is 5.97. The quantitative estimate of drug-likeness (QED) is 0.0211. The van der Waals surface area contributed by atoms with Gasteiger partial charge in [-0.2, -0.15) is 0 Å². The van der Waals surface area contributed by atoms with E-state index in [1.165, 1.54) is 231 Å². The lowest BCUT2D eigenvalue weighted by Gasteiger charge is -2.25. The van der Waals surface area contributed by atoms with Crippen LogP contribution in [0.25, 0.3) is 0 Å². The summed E-state index contributed by atoms with van der Waals surface area (Å²) in [5.41, 5.74) is 0. The predicted octanol–water partition coefficient (Wildman–Crippen LogP) is 20.4. The van der Waals surface area contributed by atoms with E-state index in [2.05, 4.69) is 50.3 Å². The predicted molar refractivity (Wildman–Crippen MR) is 332 cm³/mol. The van der Waals surface area contributed by atoms with Crippen molar-refractivity contribution in [1.82, 2.24) is 0 Å². The zero-order valence-electron chi connectivity index (χ0n) is 52.3. The lowest BCUT2D eigenvalue weighted by atomic mass is 10.0. The number of carbonyl (C=O) groups is 3. The Morgan fingerprint density at radius 2 is 0.731 bits per heavy atom. The first-order valence-corrected chi connectivity index (χ1v) is 33.7. The molecule has 2 unspecified atom stereocenters. The largest absolute Gasteiger partial charge is 0.477 e. The second-order valence-electron chi connectivity index (χ2n) is 24.1. The molecule has 0 aliphatic rings. The fourth-order valence-electron chi connectivity index (χ4n) is 10.0. The molecule has 0 fully saturated rings. The zero-order valence-corrected chi connectivity index (χ0v) is 52.3. The summed E-state index contributed by atoms with van der Waals surface area (Å²) in [6, 6.07) is 0. The summed E-state index contributed by atoms with van der Waals surface area (Å²) in [5.74, 6) is -2.00. The molecule has 9 heteroatoms. The number of carbonyl (C=O) groups excluding carboxylic acids is 2. The number of aliphatic carboxylic acids is 1. The standard InChI is InChI=1S/C69H129NO8/c1-6-8-10-12-14-16-18-20-22-24-25-26-27-28-29-30-31-32-33-34-35-36-37-38-39-40-41-42-44-45-47-49-51-53-55-57-59-66(71)76-63-65(64-77-69(68(73)74)75-62-61-70(3,4)5)78-67(72)60-58-56-54-52-50-48-46-43-23-21-19-17-15-13-11-9-7-2/h9,11,15,17,21,23,65,69H,6-8,10,12-14,16,18-20,22,24-64H2,1-5H3/p+1/b11-9-,17-15-,23-21-. The zero-order chi connectivity index (χ0) is 56.9. The van der Waals surface area contributed by atoms with Gasteiger partial charge in [0.15, 0.2) is 6.10 Å². The maximum atomic E-state index is 12.9. The van der Waals surface area contributed by atoms with Gasteiger partial charge in [-0.25, -0.2) is 4.79 Å². The van der Waals surface area contributed by atoms with Crippen molar-refractivity contribution in [2.24, 2.45) is 0 Å². The SMILES string of the molecule is CC/C=C\C/C=C\C/C=C\CCCCCCCCCC(=O)OC(COC(=O)CCCCCCCCCCCCCCCCCCCCCCCCCCCCCCCCCCCCCC)COC(OCC[N+](C)(C)C)C(=O)O. The molecule has 9 nitrogen and oxygen atoms in total. The molecule has 0 saturated carbocycles. The van der Waals surface area contributed by atoms with Gasteiger partial charge in [-0.1, -0.05) is 307 Å². The van der Waals surface area contributed by atoms with Gasteiger partial charge in [0.2, 0.25) is 0 Å². The molecule has 1 N–H and O–H groups in total. The molecule has 0 bridgehead atoms. The molecule has 0 aliphatic heterocycles. The van der Waals surface area contributed by atoms with Gasteiger partial charge < -0.3 is 28.5 Å². The van der Waals surface area contributed by atoms with Crippen LogP contribution in [-0.2, 0) is 33.3 Å². The van der Waals surface area contributed by atoms with Crippen LogP contribution in [0.4, 0.5) is 0 Å². The second kappa shape index (κ2) is 60.6. The van der Waals surface area contributed by atoms with Crippen molar-refractivity contribution in [2.75, 3.05) is 47.5 Å². The molecular weight excluding hydrogens is 971 g/mol. The van der Waals surface area contributed by atoms with Gasteiger partial charge in [-0.05, 0) is 44.9 Å². The number of carboxylic acid groups (broad SMARTS) is 1. The van der Waals surface area contributed by atoms with Gasteiger partial charge >= 0.3 is 17.9 Å². The van der Waals surface area contributed by atoms with Crippen LogP contribution in [0.5, 0.6) is 0 Å². The highest BCUT2D eigenvalue weighted by atomic mass is 16.7. The number of quaternary nitrogens is 1. The Balaban J connectivity index is 3.96.